The number of ether oxygens (including phenoxy) is 1. The van der Waals surface area contributed by atoms with E-state index in [9.17, 15) is 0 Å². The normalized spacial score (nSPS) is 10.4. The van der Waals surface area contributed by atoms with Crippen molar-refractivity contribution in [3.63, 3.8) is 0 Å². The van der Waals surface area contributed by atoms with E-state index in [1.54, 1.807) is 0 Å². The van der Waals surface area contributed by atoms with Gasteiger partial charge >= 0.3 is 6.01 Å². The molecule has 0 saturated heterocycles. The fourth-order valence-electron chi connectivity index (χ4n) is 1.77. The predicted molar refractivity (Wildman–Crippen MR) is 86.3 cm³/mol. The molecule has 1 aromatic carbocycles. The fourth-order valence-corrected chi connectivity index (χ4v) is 2.22. The molecule has 0 radical (unpaired) electrons. The van der Waals surface area contributed by atoms with Crippen molar-refractivity contribution in [1.82, 2.24) is 15.0 Å². The van der Waals surface area contributed by atoms with Crippen molar-refractivity contribution >= 4 is 27.8 Å². The minimum absolute atomic E-state index is 0.159. The van der Waals surface area contributed by atoms with Crippen LogP contribution >= 0.6 is 15.9 Å². The van der Waals surface area contributed by atoms with Gasteiger partial charge in [0.05, 0.1) is 6.61 Å². The summed E-state index contributed by atoms with van der Waals surface area (Å²) < 4.78 is 6.46. The van der Waals surface area contributed by atoms with E-state index < -0.39 is 0 Å². The van der Waals surface area contributed by atoms with Crippen LogP contribution in [0.5, 0.6) is 6.01 Å². The van der Waals surface area contributed by atoms with Gasteiger partial charge in [0.25, 0.3) is 0 Å². The lowest BCUT2D eigenvalue weighted by Crippen LogP contribution is -2.20. The van der Waals surface area contributed by atoms with E-state index in [1.165, 1.54) is 0 Å². The van der Waals surface area contributed by atoms with Crippen LogP contribution in [-0.4, -0.2) is 28.6 Å². The zero-order valence-corrected chi connectivity index (χ0v) is 13.7. The van der Waals surface area contributed by atoms with Crippen LogP contribution in [0.15, 0.2) is 28.7 Å². The molecule has 2 aromatic rings. The molecule has 112 valence electrons. The number of nitrogens with two attached hydrogens (primary N) is 1. The molecule has 0 aliphatic heterocycles. The zero-order valence-electron chi connectivity index (χ0n) is 12.1. The number of benzene rings is 1. The lowest BCUT2D eigenvalue weighted by Gasteiger charge is -2.17. The first-order valence-corrected chi connectivity index (χ1v) is 7.47. The lowest BCUT2D eigenvalue weighted by atomic mass is 10.2. The number of nitrogen functional groups attached to an aromatic ring is 1. The highest BCUT2D eigenvalue weighted by Crippen LogP contribution is 2.17. The molecule has 2 rings (SSSR count). The largest absolute Gasteiger partial charge is 0.463 e. The van der Waals surface area contributed by atoms with Gasteiger partial charge in [-0.3, -0.25) is 0 Å². The average Bonchev–Trinajstić information content (AvgIpc) is 2.44. The molecule has 0 atom stereocenters. The van der Waals surface area contributed by atoms with Gasteiger partial charge in [-0.15, -0.1) is 0 Å². The van der Waals surface area contributed by atoms with Gasteiger partial charge in [0, 0.05) is 18.1 Å². The summed E-state index contributed by atoms with van der Waals surface area (Å²) in [5.41, 5.74) is 6.85. The van der Waals surface area contributed by atoms with E-state index in [4.69, 9.17) is 10.5 Å². The van der Waals surface area contributed by atoms with Gasteiger partial charge in [-0.2, -0.15) is 15.0 Å². The van der Waals surface area contributed by atoms with Gasteiger partial charge in [0.2, 0.25) is 11.9 Å². The third kappa shape index (κ3) is 4.56. The van der Waals surface area contributed by atoms with E-state index in [-0.39, 0.29) is 12.0 Å². The molecule has 0 unspecified atom stereocenters. The number of nitrogens with zero attached hydrogens (tertiary/aromatic N) is 4. The molecule has 21 heavy (non-hydrogen) atoms. The van der Waals surface area contributed by atoms with Gasteiger partial charge in [-0.05, 0) is 24.1 Å². The minimum atomic E-state index is 0.159. The molecular weight excluding hydrogens is 334 g/mol. The van der Waals surface area contributed by atoms with E-state index in [0.717, 1.165) is 16.5 Å². The van der Waals surface area contributed by atoms with E-state index in [1.807, 2.05) is 37.1 Å². The molecule has 6 nitrogen and oxygen atoms in total. The Morgan fingerprint density at radius 3 is 2.81 bits per heavy atom. The van der Waals surface area contributed by atoms with Crippen LogP contribution in [0.25, 0.3) is 0 Å². The summed E-state index contributed by atoms with van der Waals surface area (Å²) in [5.74, 6) is 0.653. The van der Waals surface area contributed by atoms with Crippen molar-refractivity contribution in [2.24, 2.45) is 0 Å². The van der Waals surface area contributed by atoms with E-state index in [0.29, 0.717) is 19.1 Å². The summed E-state index contributed by atoms with van der Waals surface area (Å²) in [4.78, 5) is 14.3. The maximum Gasteiger partial charge on any atom is 0.323 e. The average molecular weight is 352 g/mol. The smallest absolute Gasteiger partial charge is 0.323 e. The highest BCUT2D eigenvalue weighted by atomic mass is 79.9. The highest BCUT2D eigenvalue weighted by Gasteiger charge is 2.10. The first-order valence-electron chi connectivity index (χ1n) is 6.68. The van der Waals surface area contributed by atoms with Crippen molar-refractivity contribution in [2.75, 3.05) is 24.3 Å². The van der Waals surface area contributed by atoms with Crippen LogP contribution in [0.3, 0.4) is 0 Å². The second kappa shape index (κ2) is 7.21. The molecule has 0 saturated carbocycles. The monoisotopic (exact) mass is 351 g/mol. The first-order chi connectivity index (χ1) is 10.1. The first kappa shape index (κ1) is 15.5. The minimum Gasteiger partial charge on any atom is -0.463 e. The Kier molecular flexibility index (Phi) is 5.32. The van der Waals surface area contributed by atoms with Crippen molar-refractivity contribution in [1.29, 1.82) is 0 Å². The lowest BCUT2D eigenvalue weighted by molar-refractivity contribution is 0.292. The van der Waals surface area contributed by atoms with Gasteiger partial charge in [0.1, 0.15) is 0 Å². The fraction of sp³-hybridized carbons (Fsp3) is 0.357. The molecule has 2 N–H and O–H groups in total. The summed E-state index contributed by atoms with van der Waals surface area (Å²) in [6.07, 6.45) is 0.884. The maximum atomic E-state index is 5.71. The molecular formula is C14H18BrN5O. The number of aromatic nitrogens is 3. The molecule has 1 aromatic heterocycles. The SMILES string of the molecule is CCCOc1nc(N)nc(N(C)Cc2cccc(Br)c2)n1. The van der Waals surface area contributed by atoms with Gasteiger partial charge in [0.15, 0.2) is 0 Å². The Labute approximate surface area is 132 Å². The summed E-state index contributed by atoms with van der Waals surface area (Å²) >= 11 is 3.46. The summed E-state index contributed by atoms with van der Waals surface area (Å²) in [6, 6.07) is 8.34. The van der Waals surface area contributed by atoms with Crippen LogP contribution in [-0.2, 0) is 6.54 Å². The quantitative estimate of drug-likeness (QED) is 0.861. The molecule has 0 fully saturated rings. The molecule has 0 aliphatic carbocycles. The van der Waals surface area contributed by atoms with Gasteiger partial charge in [-0.1, -0.05) is 35.0 Å². The zero-order chi connectivity index (χ0) is 15.2. The molecule has 0 bridgehead atoms. The number of hydrogen-bond acceptors (Lipinski definition) is 6. The summed E-state index contributed by atoms with van der Waals surface area (Å²) in [6.45, 7) is 3.24. The third-order valence-corrected chi connectivity index (χ3v) is 3.20. The Morgan fingerprint density at radius 1 is 1.29 bits per heavy atom. The van der Waals surface area contributed by atoms with Gasteiger partial charge < -0.3 is 15.4 Å². The summed E-state index contributed by atoms with van der Waals surface area (Å²) in [5, 5.41) is 0. The third-order valence-electron chi connectivity index (χ3n) is 2.71. The second-order valence-electron chi connectivity index (χ2n) is 4.61. The number of halogens is 1. The number of hydrogen-bond donors (Lipinski definition) is 1. The van der Waals surface area contributed by atoms with Crippen LogP contribution in [0, 0.1) is 0 Å². The maximum absolute atomic E-state index is 5.71. The predicted octanol–water partition coefficient (Wildman–Crippen LogP) is 2.64. The second-order valence-corrected chi connectivity index (χ2v) is 5.53. The number of rotatable bonds is 6. The molecule has 7 heteroatoms. The van der Waals surface area contributed by atoms with Crippen molar-refractivity contribution in [3.05, 3.63) is 34.3 Å². The molecule has 1 heterocycles. The Hall–Kier alpha value is -1.89. The topological polar surface area (TPSA) is 77.2 Å². The van der Waals surface area contributed by atoms with E-state index in [2.05, 4.69) is 36.9 Å². The van der Waals surface area contributed by atoms with Gasteiger partial charge in [-0.25, -0.2) is 0 Å². The highest BCUT2D eigenvalue weighted by molar-refractivity contribution is 9.10. The van der Waals surface area contributed by atoms with Crippen molar-refractivity contribution in [3.8, 4) is 6.01 Å². The van der Waals surface area contributed by atoms with Crippen molar-refractivity contribution in [2.45, 2.75) is 19.9 Å². The van der Waals surface area contributed by atoms with Crippen LogP contribution < -0.4 is 15.4 Å². The van der Waals surface area contributed by atoms with Crippen LogP contribution in [0.2, 0.25) is 0 Å². The van der Waals surface area contributed by atoms with Crippen molar-refractivity contribution < 1.29 is 4.74 Å². The van der Waals surface area contributed by atoms with E-state index >= 15 is 0 Å². The molecule has 0 spiro atoms. The Morgan fingerprint density at radius 2 is 2.10 bits per heavy atom. The van der Waals surface area contributed by atoms with Crippen LogP contribution in [0.4, 0.5) is 11.9 Å². The molecule has 0 aliphatic rings. The number of anilines is 2. The molecule has 0 amide bonds. The summed E-state index contributed by atoms with van der Waals surface area (Å²) in [7, 11) is 1.90. The Balaban J connectivity index is 2.14. The Bertz CT molecular complexity index is 608. The van der Waals surface area contributed by atoms with Crippen LogP contribution in [0.1, 0.15) is 18.9 Å². The standard InChI is InChI=1S/C14H18BrN5O/c1-3-7-21-14-18-12(16)17-13(19-14)20(2)9-10-5-4-6-11(15)8-10/h4-6,8H,3,7,9H2,1-2H3,(H2,16,17,18,19).